The van der Waals surface area contributed by atoms with Gasteiger partial charge in [0.05, 0.1) is 6.61 Å². The van der Waals surface area contributed by atoms with E-state index >= 15 is 0 Å². The van der Waals surface area contributed by atoms with E-state index in [0.29, 0.717) is 12.6 Å². The lowest BCUT2D eigenvalue weighted by atomic mass is 10.1. The second-order valence-electron chi connectivity index (χ2n) is 4.24. The van der Waals surface area contributed by atoms with Crippen LogP contribution >= 0.6 is 0 Å². The van der Waals surface area contributed by atoms with Crippen LogP contribution in [0.15, 0.2) is 30.3 Å². The molecule has 82 valence electrons. The Morgan fingerprint density at radius 1 is 1.33 bits per heavy atom. The molecule has 0 bridgehead atoms. The summed E-state index contributed by atoms with van der Waals surface area (Å²) in [5, 5.41) is 0. The van der Waals surface area contributed by atoms with Crippen LogP contribution in [0.1, 0.15) is 31.7 Å². The van der Waals surface area contributed by atoms with Crippen molar-refractivity contribution in [3.63, 3.8) is 0 Å². The largest absolute Gasteiger partial charge is 0.297 e. The first-order chi connectivity index (χ1) is 7.40. The van der Waals surface area contributed by atoms with E-state index < -0.39 is 0 Å². The molecule has 1 aliphatic rings. The van der Waals surface area contributed by atoms with E-state index in [1.165, 1.54) is 18.4 Å². The van der Waals surface area contributed by atoms with E-state index in [0.717, 1.165) is 12.3 Å². The highest BCUT2D eigenvalue weighted by atomic mass is 16.6. The van der Waals surface area contributed by atoms with E-state index in [2.05, 4.69) is 24.5 Å². The van der Waals surface area contributed by atoms with Crippen LogP contribution in [0.5, 0.6) is 0 Å². The molecule has 0 amide bonds. The lowest BCUT2D eigenvalue weighted by molar-refractivity contribution is -0.00237. The lowest BCUT2D eigenvalue weighted by Gasteiger charge is -2.15. The fourth-order valence-electron chi connectivity index (χ4n) is 1.82. The zero-order chi connectivity index (χ0) is 10.5. The summed E-state index contributed by atoms with van der Waals surface area (Å²) in [4.78, 5) is 5.52. The van der Waals surface area contributed by atoms with Crippen molar-refractivity contribution in [2.45, 2.75) is 38.8 Å². The number of benzene rings is 1. The predicted octanol–water partition coefficient (Wildman–Crippen LogP) is 2.90. The Morgan fingerprint density at radius 2 is 2.07 bits per heavy atom. The Morgan fingerprint density at radius 3 is 2.67 bits per heavy atom. The molecule has 0 aliphatic heterocycles. The predicted molar refractivity (Wildman–Crippen MR) is 61.2 cm³/mol. The molecule has 1 atom stereocenters. The van der Waals surface area contributed by atoms with Crippen LogP contribution in [-0.4, -0.2) is 6.04 Å². The molecule has 0 aromatic heterocycles. The second-order valence-corrected chi connectivity index (χ2v) is 4.24. The third kappa shape index (κ3) is 3.33. The number of rotatable bonds is 6. The monoisotopic (exact) mass is 205 g/mol. The molecule has 1 N–H and O–H groups in total. The molecule has 1 fully saturated rings. The summed E-state index contributed by atoms with van der Waals surface area (Å²) in [7, 11) is 0. The maximum absolute atomic E-state index is 5.52. The molecule has 2 heteroatoms. The molecule has 1 aromatic rings. The maximum Gasteiger partial charge on any atom is 0.0933 e. The van der Waals surface area contributed by atoms with Crippen LogP contribution in [0, 0.1) is 5.92 Å². The van der Waals surface area contributed by atoms with Gasteiger partial charge in [0.15, 0.2) is 0 Å². The van der Waals surface area contributed by atoms with Gasteiger partial charge in [-0.25, -0.2) is 0 Å². The smallest absolute Gasteiger partial charge is 0.0933 e. The number of nitrogens with one attached hydrogen (secondary N) is 1. The van der Waals surface area contributed by atoms with Gasteiger partial charge >= 0.3 is 0 Å². The van der Waals surface area contributed by atoms with E-state index in [9.17, 15) is 0 Å². The number of hydrogen-bond acceptors (Lipinski definition) is 2. The van der Waals surface area contributed by atoms with Crippen molar-refractivity contribution < 1.29 is 4.84 Å². The Kier molecular flexibility index (Phi) is 3.75. The number of hydrogen-bond donors (Lipinski definition) is 1. The highest BCUT2D eigenvalue weighted by Gasteiger charge is 2.29. The average molecular weight is 205 g/mol. The van der Waals surface area contributed by atoms with E-state index in [1.807, 2.05) is 18.2 Å². The fraction of sp³-hybridized carbons (Fsp3) is 0.538. The normalized spacial score (nSPS) is 17.7. The van der Waals surface area contributed by atoms with E-state index in [4.69, 9.17) is 4.84 Å². The zero-order valence-electron chi connectivity index (χ0n) is 9.28. The van der Waals surface area contributed by atoms with Gasteiger partial charge in [0.1, 0.15) is 0 Å². The van der Waals surface area contributed by atoms with Crippen LogP contribution < -0.4 is 5.48 Å². The van der Waals surface area contributed by atoms with Crippen molar-refractivity contribution in [1.29, 1.82) is 0 Å². The van der Waals surface area contributed by atoms with Crippen LogP contribution in [0.4, 0.5) is 0 Å². The quantitative estimate of drug-likeness (QED) is 0.721. The molecule has 1 aliphatic carbocycles. The molecule has 0 radical (unpaired) electrons. The summed E-state index contributed by atoms with van der Waals surface area (Å²) in [5.41, 5.74) is 4.40. The Balaban J connectivity index is 1.69. The molecule has 1 aromatic carbocycles. The highest BCUT2D eigenvalue weighted by Crippen LogP contribution is 2.33. The summed E-state index contributed by atoms with van der Waals surface area (Å²) < 4.78 is 0. The molecule has 0 saturated heterocycles. The van der Waals surface area contributed by atoms with E-state index in [1.54, 1.807) is 0 Å². The third-order valence-electron chi connectivity index (χ3n) is 2.95. The molecular weight excluding hydrogens is 186 g/mol. The fourth-order valence-corrected chi connectivity index (χ4v) is 1.82. The van der Waals surface area contributed by atoms with Gasteiger partial charge in [-0.1, -0.05) is 37.3 Å². The highest BCUT2D eigenvalue weighted by molar-refractivity contribution is 5.13. The van der Waals surface area contributed by atoms with Crippen LogP contribution in [0.25, 0.3) is 0 Å². The van der Waals surface area contributed by atoms with Gasteiger partial charge in [-0.15, -0.1) is 0 Å². The van der Waals surface area contributed by atoms with Gasteiger partial charge < -0.3 is 0 Å². The second kappa shape index (κ2) is 5.29. The Bertz CT molecular complexity index is 282. The molecule has 2 rings (SSSR count). The van der Waals surface area contributed by atoms with Crippen molar-refractivity contribution in [2.75, 3.05) is 0 Å². The van der Waals surface area contributed by atoms with Crippen molar-refractivity contribution in [3.8, 4) is 0 Å². The standard InChI is InChI=1S/C13H19NO/c1-2-13(12-8-9-12)14-15-10-11-6-4-3-5-7-11/h3-7,12-14H,2,8-10H2,1H3. The number of hydroxylamine groups is 1. The van der Waals surface area contributed by atoms with Crippen molar-refractivity contribution >= 4 is 0 Å². The summed E-state index contributed by atoms with van der Waals surface area (Å²) in [6.07, 6.45) is 3.87. The van der Waals surface area contributed by atoms with Crippen LogP contribution in [0.3, 0.4) is 0 Å². The van der Waals surface area contributed by atoms with Crippen LogP contribution in [-0.2, 0) is 11.4 Å². The van der Waals surface area contributed by atoms with Gasteiger partial charge in [0.25, 0.3) is 0 Å². The SMILES string of the molecule is CCC(NOCc1ccccc1)C1CC1. The van der Waals surface area contributed by atoms with E-state index in [-0.39, 0.29) is 0 Å². The summed E-state index contributed by atoms with van der Waals surface area (Å²) in [6.45, 7) is 2.87. The minimum absolute atomic E-state index is 0.550. The van der Waals surface area contributed by atoms with Gasteiger partial charge in [0, 0.05) is 6.04 Å². The zero-order valence-corrected chi connectivity index (χ0v) is 9.28. The maximum atomic E-state index is 5.52. The Hall–Kier alpha value is -0.860. The molecular formula is C13H19NO. The summed E-state index contributed by atoms with van der Waals surface area (Å²) in [6, 6.07) is 10.8. The topological polar surface area (TPSA) is 21.3 Å². The first-order valence-electron chi connectivity index (χ1n) is 5.81. The molecule has 0 spiro atoms. The molecule has 1 saturated carbocycles. The van der Waals surface area contributed by atoms with Gasteiger partial charge in [-0.2, -0.15) is 5.48 Å². The van der Waals surface area contributed by atoms with Crippen molar-refractivity contribution in [3.05, 3.63) is 35.9 Å². The Labute approximate surface area is 91.6 Å². The summed E-state index contributed by atoms with van der Waals surface area (Å²) in [5.74, 6) is 0.853. The molecule has 0 heterocycles. The summed E-state index contributed by atoms with van der Waals surface area (Å²) >= 11 is 0. The van der Waals surface area contributed by atoms with Crippen molar-refractivity contribution in [1.82, 2.24) is 5.48 Å². The minimum atomic E-state index is 0.550. The van der Waals surface area contributed by atoms with Gasteiger partial charge in [-0.05, 0) is 30.7 Å². The first-order valence-corrected chi connectivity index (χ1v) is 5.81. The van der Waals surface area contributed by atoms with Gasteiger partial charge in [-0.3, -0.25) is 4.84 Å². The first kappa shape index (κ1) is 10.7. The minimum Gasteiger partial charge on any atom is -0.297 e. The molecule has 15 heavy (non-hydrogen) atoms. The average Bonchev–Trinajstić information content (AvgIpc) is 3.10. The van der Waals surface area contributed by atoms with Crippen molar-refractivity contribution in [2.24, 2.45) is 5.92 Å². The third-order valence-corrected chi connectivity index (χ3v) is 2.95. The molecule has 2 nitrogen and oxygen atoms in total. The molecule has 1 unspecified atom stereocenters. The van der Waals surface area contributed by atoms with Gasteiger partial charge in [0.2, 0.25) is 0 Å². The lowest BCUT2D eigenvalue weighted by Crippen LogP contribution is -2.30. The van der Waals surface area contributed by atoms with Crippen LogP contribution in [0.2, 0.25) is 0 Å².